The van der Waals surface area contributed by atoms with Gasteiger partial charge in [0.05, 0.1) is 10.9 Å². The van der Waals surface area contributed by atoms with Crippen molar-refractivity contribution in [1.82, 2.24) is 0 Å². The number of aldehydes is 1. The van der Waals surface area contributed by atoms with Gasteiger partial charge >= 0.3 is 0 Å². The summed E-state index contributed by atoms with van der Waals surface area (Å²) in [7, 11) is 0. The number of carbonyl (C=O) groups is 1. The van der Waals surface area contributed by atoms with Crippen molar-refractivity contribution >= 4 is 22.2 Å². The molecule has 1 aliphatic rings. The maximum atomic E-state index is 10.9. The molecule has 0 spiro atoms. The fourth-order valence-electron chi connectivity index (χ4n) is 2.70. The molecule has 0 N–H and O–H groups in total. The molecule has 1 saturated carbocycles. The molecule has 1 fully saturated rings. The maximum absolute atomic E-state index is 10.9. The first-order valence-corrected chi connectivity index (χ1v) is 7.40. The van der Waals surface area contributed by atoms with Gasteiger partial charge in [-0.2, -0.15) is 0 Å². The highest BCUT2D eigenvalue weighted by Crippen LogP contribution is 2.32. The summed E-state index contributed by atoms with van der Waals surface area (Å²) in [5.74, 6) is 0.936. The number of halogens is 1. The fourth-order valence-corrected chi connectivity index (χ4v) is 3.43. The summed E-state index contributed by atoms with van der Waals surface area (Å²) in [6.45, 7) is 4.06. The zero-order valence-electron chi connectivity index (χ0n) is 10.9. The van der Waals surface area contributed by atoms with Crippen LogP contribution in [0.3, 0.4) is 0 Å². The van der Waals surface area contributed by atoms with E-state index >= 15 is 0 Å². The summed E-state index contributed by atoms with van der Waals surface area (Å²) in [6.07, 6.45) is 6.17. The van der Waals surface area contributed by atoms with Crippen LogP contribution in [0.5, 0.6) is 5.75 Å². The van der Waals surface area contributed by atoms with Crippen LogP contribution in [0.1, 0.15) is 47.2 Å². The zero-order valence-corrected chi connectivity index (χ0v) is 12.5. The SMILES string of the molecule is Cc1cc(OC2CCCC2)cc(C)c1C(Br)C=O. The third kappa shape index (κ3) is 2.94. The minimum Gasteiger partial charge on any atom is -0.490 e. The van der Waals surface area contributed by atoms with Gasteiger partial charge in [0.2, 0.25) is 0 Å². The topological polar surface area (TPSA) is 26.3 Å². The second kappa shape index (κ2) is 5.87. The molecule has 0 amide bonds. The van der Waals surface area contributed by atoms with Crippen LogP contribution in [-0.2, 0) is 4.79 Å². The molecule has 0 heterocycles. The van der Waals surface area contributed by atoms with E-state index in [-0.39, 0.29) is 4.83 Å². The predicted octanol–water partition coefficient (Wildman–Crippen LogP) is 4.26. The van der Waals surface area contributed by atoms with Crippen LogP contribution >= 0.6 is 15.9 Å². The predicted molar refractivity (Wildman–Crippen MR) is 76.5 cm³/mol. The Morgan fingerprint density at radius 3 is 2.33 bits per heavy atom. The molecule has 0 bridgehead atoms. The summed E-state index contributed by atoms with van der Waals surface area (Å²) in [4.78, 5) is 10.7. The monoisotopic (exact) mass is 310 g/mol. The molecule has 0 aromatic heterocycles. The second-order valence-corrected chi connectivity index (χ2v) is 6.02. The van der Waals surface area contributed by atoms with Gasteiger partial charge in [-0.05, 0) is 68.4 Å². The molecular formula is C15H19BrO2. The summed E-state index contributed by atoms with van der Waals surface area (Å²) in [5.41, 5.74) is 3.28. The van der Waals surface area contributed by atoms with E-state index in [1.807, 2.05) is 26.0 Å². The van der Waals surface area contributed by atoms with Crippen molar-refractivity contribution in [2.24, 2.45) is 0 Å². The molecule has 1 aliphatic carbocycles. The van der Waals surface area contributed by atoms with Gasteiger partial charge in [0.25, 0.3) is 0 Å². The summed E-state index contributed by atoms with van der Waals surface area (Å²) in [5, 5.41) is 0. The lowest BCUT2D eigenvalue weighted by molar-refractivity contribution is -0.107. The van der Waals surface area contributed by atoms with Gasteiger partial charge in [-0.15, -0.1) is 0 Å². The standard InChI is InChI=1S/C15H19BrO2/c1-10-7-13(18-12-5-3-4-6-12)8-11(2)15(10)14(16)9-17/h7-9,12,14H,3-6H2,1-2H3. The number of carbonyl (C=O) groups excluding carboxylic acids is 1. The van der Waals surface area contributed by atoms with Crippen molar-refractivity contribution in [2.45, 2.75) is 50.5 Å². The van der Waals surface area contributed by atoms with Crippen molar-refractivity contribution in [3.63, 3.8) is 0 Å². The average molecular weight is 311 g/mol. The quantitative estimate of drug-likeness (QED) is 0.613. The van der Waals surface area contributed by atoms with Crippen molar-refractivity contribution in [3.8, 4) is 5.75 Å². The second-order valence-electron chi connectivity index (χ2n) is 5.03. The molecule has 1 unspecified atom stereocenters. The third-order valence-corrected chi connectivity index (χ3v) is 4.24. The largest absolute Gasteiger partial charge is 0.490 e. The number of aryl methyl sites for hydroxylation is 2. The van der Waals surface area contributed by atoms with Gasteiger partial charge in [-0.3, -0.25) is 0 Å². The van der Waals surface area contributed by atoms with Crippen LogP contribution in [0.25, 0.3) is 0 Å². The highest BCUT2D eigenvalue weighted by atomic mass is 79.9. The molecule has 0 saturated heterocycles. The van der Waals surface area contributed by atoms with E-state index in [2.05, 4.69) is 15.9 Å². The molecule has 1 aromatic rings. The molecule has 0 radical (unpaired) electrons. The van der Waals surface area contributed by atoms with Crippen LogP contribution < -0.4 is 4.74 Å². The average Bonchev–Trinajstić information content (AvgIpc) is 2.80. The van der Waals surface area contributed by atoms with Crippen LogP contribution in [0.2, 0.25) is 0 Å². The zero-order chi connectivity index (χ0) is 13.1. The highest BCUT2D eigenvalue weighted by molar-refractivity contribution is 9.09. The van der Waals surface area contributed by atoms with E-state index in [1.165, 1.54) is 12.8 Å². The van der Waals surface area contributed by atoms with Gasteiger partial charge in [0, 0.05) is 0 Å². The van der Waals surface area contributed by atoms with Crippen molar-refractivity contribution in [3.05, 3.63) is 28.8 Å². The number of rotatable bonds is 4. The van der Waals surface area contributed by atoms with Gasteiger partial charge in [-0.1, -0.05) is 15.9 Å². The van der Waals surface area contributed by atoms with Crippen LogP contribution in [-0.4, -0.2) is 12.4 Å². The van der Waals surface area contributed by atoms with Crippen molar-refractivity contribution < 1.29 is 9.53 Å². The Hall–Kier alpha value is -0.830. The number of benzene rings is 1. The first-order chi connectivity index (χ1) is 8.61. The van der Waals surface area contributed by atoms with Crippen LogP contribution in [0.4, 0.5) is 0 Å². The minimum atomic E-state index is -0.224. The first kappa shape index (κ1) is 13.6. The molecule has 1 aromatic carbocycles. The van der Waals surface area contributed by atoms with E-state index < -0.39 is 0 Å². The molecule has 18 heavy (non-hydrogen) atoms. The number of ether oxygens (including phenoxy) is 1. The van der Waals surface area contributed by atoms with E-state index in [0.717, 1.165) is 41.6 Å². The van der Waals surface area contributed by atoms with Gasteiger partial charge in [0.1, 0.15) is 12.0 Å². The lowest BCUT2D eigenvalue weighted by Crippen LogP contribution is -2.11. The number of alkyl halides is 1. The minimum absolute atomic E-state index is 0.224. The van der Waals surface area contributed by atoms with Crippen molar-refractivity contribution in [1.29, 1.82) is 0 Å². The Kier molecular flexibility index (Phi) is 4.44. The molecule has 1 atom stereocenters. The summed E-state index contributed by atoms with van der Waals surface area (Å²) >= 11 is 3.39. The lowest BCUT2D eigenvalue weighted by Gasteiger charge is -2.17. The van der Waals surface area contributed by atoms with Gasteiger partial charge < -0.3 is 9.53 Å². The molecule has 98 valence electrons. The Labute approximate surface area is 117 Å². The highest BCUT2D eigenvalue weighted by Gasteiger charge is 2.18. The van der Waals surface area contributed by atoms with E-state index in [9.17, 15) is 4.79 Å². The van der Waals surface area contributed by atoms with Crippen LogP contribution in [0, 0.1) is 13.8 Å². The molecular weight excluding hydrogens is 292 g/mol. The van der Waals surface area contributed by atoms with E-state index in [0.29, 0.717) is 6.10 Å². The third-order valence-electron chi connectivity index (χ3n) is 3.57. The maximum Gasteiger partial charge on any atom is 0.138 e. The Bertz CT molecular complexity index is 413. The lowest BCUT2D eigenvalue weighted by atomic mass is 10.00. The normalized spacial score (nSPS) is 17.7. The smallest absolute Gasteiger partial charge is 0.138 e. The van der Waals surface area contributed by atoms with E-state index in [1.54, 1.807) is 0 Å². The molecule has 0 aliphatic heterocycles. The van der Waals surface area contributed by atoms with Crippen molar-refractivity contribution in [2.75, 3.05) is 0 Å². The summed E-state index contributed by atoms with van der Waals surface area (Å²) < 4.78 is 6.00. The Morgan fingerprint density at radius 1 is 1.28 bits per heavy atom. The van der Waals surface area contributed by atoms with E-state index in [4.69, 9.17) is 4.74 Å². The number of hydrogen-bond acceptors (Lipinski definition) is 2. The molecule has 2 nitrogen and oxygen atoms in total. The Morgan fingerprint density at radius 2 is 1.83 bits per heavy atom. The molecule has 2 rings (SSSR count). The Balaban J connectivity index is 2.21. The summed E-state index contributed by atoms with van der Waals surface area (Å²) in [6, 6.07) is 4.08. The van der Waals surface area contributed by atoms with Gasteiger partial charge in [0.15, 0.2) is 0 Å². The number of hydrogen-bond donors (Lipinski definition) is 0. The fraction of sp³-hybridized carbons (Fsp3) is 0.533. The first-order valence-electron chi connectivity index (χ1n) is 6.49. The molecule has 3 heteroatoms. The van der Waals surface area contributed by atoms with Crippen LogP contribution in [0.15, 0.2) is 12.1 Å². The van der Waals surface area contributed by atoms with Gasteiger partial charge in [-0.25, -0.2) is 0 Å².